The molecule has 0 spiro atoms. The third-order valence-corrected chi connectivity index (χ3v) is 2.81. The van der Waals surface area contributed by atoms with Gasteiger partial charge in [0.2, 0.25) is 17.5 Å². The maximum absolute atomic E-state index is 5.76. The standard InChI is InChI=1S/C13H19N5O/c1-8(2)4-10(5-14)13-17-12(18-19-13)11-15-6-9(3)7-16-11/h6-8,10H,4-5,14H2,1-3H3. The van der Waals surface area contributed by atoms with E-state index in [9.17, 15) is 0 Å². The van der Waals surface area contributed by atoms with Crippen molar-refractivity contribution in [2.45, 2.75) is 33.1 Å². The first-order chi connectivity index (χ1) is 9.10. The average molecular weight is 261 g/mol. The fraction of sp³-hybridized carbons (Fsp3) is 0.538. The second kappa shape index (κ2) is 5.88. The zero-order chi connectivity index (χ0) is 13.8. The lowest BCUT2D eigenvalue weighted by atomic mass is 9.97. The van der Waals surface area contributed by atoms with Gasteiger partial charge in [0.05, 0.1) is 5.92 Å². The quantitative estimate of drug-likeness (QED) is 0.884. The van der Waals surface area contributed by atoms with Crippen molar-refractivity contribution in [2.24, 2.45) is 11.7 Å². The Morgan fingerprint density at radius 2 is 1.89 bits per heavy atom. The lowest BCUT2D eigenvalue weighted by molar-refractivity contribution is 0.334. The Balaban J connectivity index is 2.20. The van der Waals surface area contributed by atoms with Gasteiger partial charge in [-0.25, -0.2) is 9.97 Å². The van der Waals surface area contributed by atoms with Crippen LogP contribution in [0.4, 0.5) is 0 Å². The molecule has 0 saturated carbocycles. The summed E-state index contributed by atoms with van der Waals surface area (Å²) in [6.07, 6.45) is 4.38. The molecule has 2 aromatic heterocycles. The number of aryl methyl sites for hydroxylation is 1. The highest BCUT2D eigenvalue weighted by molar-refractivity contribution is 5.41. The Morgan fingerprint density at radius 3 is 2.47 bits per heavy atom. The van der Waals surface area contributed by atoms with Gasteiger partial charge in [-0.15, -0.1) is 0 Å². The minimum absolute atomic E-state index is 0.0895. The van der Waals surface area contributed by atoms with Crippen LogP contribution in [0.1, 0.15) is 37.6 Å². The summed E-state index contributed by atoms with van der Waals surface area (Å²) in [4.78, 5) is 12.7. The van der Waals surface area contributed by atoms with Crippen molar-refractivity contribution >= 4 is 0 Å². The van der Waals surface area contributed by atoms with Crippen LogP contribution in [0, 0.1) is 12.8 Å². The Bertz CT molecular complexity index is 520. The third kappa shape index (κ3) is 3.35. The molecule has 1 atom stereocenters. The maximum Gasteiger partial charge on any atom is 0.240 e. The van der Waals surface area contributed by atoms with Gasteiger partial charge in [-0.2, -0.15) is 4.98 Å². The molecule has 2 N–H and O–H groups in total. The van der Waals surface area contributed by atoms with Crippen molar-refractivity contribution in [3.63, 3.8) is 0 Å². The smallest absolute Gasteiger partial charge is 0.240 e. The van der Waals surface area contributed by atoms with E-state index in [0.717, 1.165) is 12.0 Å². The molecule has 0 fully saturated rings. The molecule has 6 heteroatoms. The Kier molecular flexibility index (Phi) is 4.21. The molecule has 0 aliphatic heterocycles. The van der Waals surface area contributed by atoms with Crippen LogP contribution in [-0.2, 0) is 0 Å². The minimum Gasteiger partial charge on any atom is -0.339 e. The monoisotopic (exact) mass is 261 g/mol. The van der Waals surface area contributed by atoms with Crippen LogP contribution in [0.25, 0.3) is 11.6 Å². The highest BCUT2D eigenvalue weighted by Gasteiger charge is 2.20. The molecule has 0 amide bonds. The normalized spacial score (nSPS) is 12.9. The lowest BCUT2D eigenvalue weighted by Crippen LogP contribution is -2.15. The molecule has 0 radical (unpaired) electrons. The van der Waals surface area contributed by atoms with Crippen molar-refractivity contribution in [3.8, 4) is 11.6 Å². The molecular weight excluding hydrogens is 242 g/mol. The topological polar surface area (TPSA) is 90.7 Å². The van der Waals surface area contributed by atoms with Crippen LogP contribution in [0.2, 0.25) is 0 Å². The maximum atomic E-state index is 5.76. The summed E-state index contributed by atoms with van der Waals surface area (Å²) in [6, 6.07) is 0. The first kappa shape index (κ1) is 13.6. The molecule has 2 rings (SSSR count). The van der Waals surface area contributed by atoms with E-state index in [0.29, 0.717) is 30.0 Å². The summed E-state index contributed by atoms with van der Waals surface area (Å²) in [7, 11) is 0. The van der Waals surface area contributed by atoms with E-state index < -0.39 is 0 Å². The molecule has 1 unspecified atom stereocenters. The van der Waals surface area contributed by atoms with Gasteiger partial charge in [0, 0.05) is 18.9 Å². The van der Waals surface area contributed by atoms with Crippen LogP contribution < -0.4 is 5.73 Å². The Labute approximate surface area is 112 Å². The van der Waals surface area contributed by atoms with Gasteiger partial charge >= 0.3 is 0 Å². The molecular formula is C13H19N5O. The van der Waals surface area contributed by atoms with Gasteiger partial charge < -0.3 is 10.3 Å². The molecule has 2 aromatic rings. The van der Waals surface area contributed by atoms with Crippen molar-refractivity contribution in [1.82, 2.24) is 20.1 Å². The number of rotatable bonds is 5. The van der Waals surface area contributed by atoms with Crippen molar-refractivity contribution in [1.29, 1.82) is 0 Å². The summed E-state index contributed by atoms with van der Waals surface area (Å²) in [5.41, 5.74) is 6.75. The predicted octanol–water partition coefficient (Wildman–Crippen LogP) is 1.92. The average Bonchev–Trinajstić information content (AvgIpc) is 2.86. The summed E-state index contributed by atoms with van der Waals surface area (Å²) in [6.45, 7) is 6.71. The Morgan fingerprint density at radius 1 is 1.21 bits per heavy atom. The van der Waals surface area contributed by atoms with Gasteiger partial charge in [0.15, 0.2) is 0 Å². The summed E-state index contributed by atoms with van der Waals surface area (Å²) < 4.78 is 5.28. The van der Waals surface area contributed by atoms with Crippen molar-refractivity contribution in [2.75, 3.05) is 6.54 Å². The summed E-state index contributed by atoms with van der Waals surface area (Å²) in [5.74, 6) is 2.07. The number of aromatic nitrogens is 4. The highest BCUT2D eigenvalue weighted by Crippen LogP contribution is 2.22. The second-order valence-corrected chi connectivity index (χ2v) is 5.10. The zero-order valence-electron chi connectivity index (χ0n) is 11.5. The predicted molar refractivity (Wildman–Crippen MR) is 71.3 cm³/mol. The van der Waals surface area contributed by atoms with E-state index >= 15 is 0 Å². The number of nitrogens with zero attached hydrogens (tertiary/aromatic N) is 4. The summed E-state index contributed by atoms with van der Waals surface area (Å²) >= 11 is 0. The van der Waals surface area contributed by atoms with Gasteiger partial charge in [-0.3, -0.25) is 0 Å². The van der Waals surface area contributed by atoms with Crippen LogP contribution in [-0.4, -0.2) is 26.7 Å². The van der Waals surface area contributed by atoms with E-state index in [4.69, 9.17) is 10.3 Å². The van der Waals surface area contributed by atoms with E-state index in [1.54, 1.807) is 12.4 Å². The fourth-order valence-corrected chi connectivity index (χ4v) is 1.87. The van der Waals surface area contributed by atoms with Crippen LogP contribution in [0.5, 0.6) is 0 Å². The van der Waals surface area contributed by atoms with E-state index in [2.05, 4.69) is 34.0 Å². The largest absolute Gasteiger partial charge is 0.339 e. The molecule has 19 heavy (non-hydrogen) atoms. The van der Waals surface area contributed by atoms with E-state index in [1.165, 1.54) is 0 Å². The molecule has 0 saturated heterocycles. The lowest BCUT2D eigenvalue weighted by Gasteiger charge is -2.11. The van der Waals surface area contributed by atoms with Crippen LogP contribution >= 0.6 is 0 Å². The second-order valence-electron chi connectivity index (χ2n) is 5.10. The third-order valence-electron chi connectivity index (χ3n) is 2.81. The Hall–Kier alpha value is -1.82. The molecule has 0 aliphatic rings. The first-order valence-corrected chi connectivity index (χ1v) is 6.42. The first-order valence-electron chi connectivity index (χ1n) is 6.42. The van der Waals surface area contributed by atoms with Gasteiger partial charge in [-0.05, 0) is 24.8 Å². The van der Waals surface area contributed by atoms with E-state index in [-0.39, 0.29) is 5.92 Å². The minimum atomic E-state index is 0.0895. The van der Waals surface area contributed by atoms with Crippen LogP contribution in [0.3, 0.4) is 0 Å². The summed E-state index contributed by atoms with van der Waals surface area (Å²) in [5, 5.41) is 3.93. The molecule has 2 heterocycles. The molecule has 0 aliphatic carbocycles. The molecule has 0 aromatic carbocycles. The van der Waals surface area contributed by atoms with E-state index in [1.807, 2.05) is 6.92 Å². The zero-order valence-corrected chi connectivity index (χ0v) is 11.5. The SMILES string of the molecule is Cc1cnc(-c2noc(C(CN)CC(C)C)n2)nc1. The van der Waals surface area contributed by atoms with Crippen molar-refractivity contribution in [3.05, 3.63) is 23.8 Å². The highest BCUT2D eigenvalue weighted by atomic mass is 16.5. The number of nitrogens with two attached hydrogens (primary N) is 1. The van der Waals surface area contributed by atoms with Crippen LogP contribution in [0.15, 0.2) is 16.9 Å². The van der Waals surface area contributed by atoms with Crippen molar-refractivity contribution < 1.29 is 4.52 Å². The molecule has 0 bridgehead atoms. The van der Waals surface area contributed by atoms with Gasteiger partial charge in [0.1, 0.15) is 0 Å². The van der Waals surface area contributed by atoms with Gasteiger partial charge in [-0.1, -0.05) is 19.0 Å². The molecule has 6 nitrogen and oxygen atoms in total. The van der Waals surface area contributed by atoms with Gasteiger partial charge in [0.25, 0.3) is 0 Å². The number of hydrogen-bond donors (Lipinski definition) is 1. The molecule has 102 valence electrons. The fourth-order valence-electron chi connectivity index (χ4n) is 1.87. The number of hydrogen-bond acceptors (Lipinski definition) is 6.